The van der Waals surface area contributed by atoms with Crippen LogP contribution in [-0.4, -0.2) is 52.6 Å². The van der Waals surface area contributed by atoms with Crippen LogP contribution in [0, 0.1) is 5.92 Å². The Kier molecular flexibility index (Phi) is 9.38. The zero-order valence-electron chi connectivity index (χ0n) is 26.9. The summed E-state index contributed by atoms with van der Waals surface area (Å²) in [4.78, 5) is 38.9. The zero-order chi connectivity index (χ0) is 34.7. The first-order chi connectivity index (χ1) is 23.6. The molecule has 0 radical (unpaired) electrons. The average molecular weight is 675 g/mol. The van der Waals surface area contributed by atoms with Crippen molar-refractivity contribution in [3.63, 3.8) is 0 Å². The van der Waals surface area contributed by atoms with Gasteiger partial charge in [-0.15, -0.1) is 0 Å². The van der Waals surface area contributed by atoms with Crippen molar-refractivity contribution in [2.24, 2.45) is 5.92 Å². The summed E-state index contributed by atoms with van der Waals surface area (Å²) in [6.45, 7) is 0.371. The number of fused-ring (bicyclic) bond motifs is 1. The van der Waals surface area contributed by atoms with E-state index in [2.05, 4.69) is 20.6 Å². The Labute approximate surface area is 279 Å². The number of nitrogens with one attached hydrogen (secondary N) is 2. The number of halogens is 3. The molecule has 11 nitrogen and oxygen atoms in total. The van der Waals surface area contributed by atoms with Crippen LogP contribution in [0.3, 0.4) is 0 Å². The van der Waals surface area contributed by atoms with Gasteiger partial charge < -0.3 is 24.8 Å². The molecule has 1 amide bonds. The van der Waals surface area contributed by atoms with Crippen LogP contribution in [0.4, 0.5) is 24.8 Å². The van der Waals surface area contributed by atoms with Gasteiger partial charge in [-0.25, -0.2) is 15.0 Å². The van der Waals surface area contributed by atoms with Gasteiger partial charge in [0.1, 0.15) is 34.4 Å². The lowest BCUT2D eigenvalue weighted by Gasteiger charge is -2.13. The number of hydrogen-bond acceptors (Lipinski definition) is 9. The number of rotatable bonds is 10. The number of amides is 1. The number of carbonyl (C=O) groups is 2. The first-order valence-corrected chi connectivity index (χ1v) is 15.4. The van der Waals surface area contributed by atoms with E-state index in [4.69, 9.17) is 19.2 Å². The van der Waals surface area contributed by atoms with Gasteiger partial charge in [0.15, 0.2) is 5.82 Å². The number of hydrogen-bond donors (Lipinski definition) is 2. The van der Waals surface area contributed by atoms with E-state index in [-0.39, 0.29) is 29.2 Å². The van der Waals surface area contributed by atoms with Gasteiger partial charge in [0, 0.05) is 53.8 Å². The van der Waals surface area contributed by atoms with Gasteiger partial charge in [-0.1, -0.05) is 12.1 Å². The second-order valence-electron chi connectivity index (χ2n) is 11.5. The first kappa shape index (κ1) is 33.2. The van der Waals surface area contributed by atoms with Crippen molar-refractivity contribution in [2.75, 3.05) is 32.0 Å². The number of carbonyl (C=O) groups excluding carboxylic acids is 2. The smallest absolute Gasteiger partial charge is 0.416 e. The van der Waals surface area contributed by atoms with E-state index in [0.29, 0.717) is 53.5 Å². The summed E-state index contributed by atoms with van der Waals surface area (Å²) < 4.78 is 57.3. The minimum Gasteiger partial charge on any atom is -0.497 e. The minimum absolute atomic E-state index is 0.0210. The molecule has 3 heterocycles. The molecule has 1 saturated carbocycles. The van der Waals surface area contributed by atoms with Gasteiger partial charge in [0.25, 0.3) is 5.91 Å². The van der Waals surface area contributed by atoms with Crippen LogP contribution in [0.5, 0.6) is 11.5 Å². The summed E-state index contributed by atoms with van der Waals surface area (Å²) in [6, 6.07) is 13.7. The molecule has 0 saturated heterocycles. The minimum atomic E-state index is -4.57. The highest BCUT2D eigenvalue weighted by molar-refractivity contribution is 6.04. The van der Waals surface area contributed by atoms with Gasteiger partial charge in [-0.05, 0) is 55.7 Å². The average Bonchev–Trinajstić information content (AvgIpc) is 3.76. The van der Waals surface area contributed by atoms with Crippen LogP contribution in [0.2, 0.25) is 0 Å². The Bertz CT molecular complexity index is 2000. The largest absolute Gasteiger partial charge is 0.497 e. The Balaban J connectivity index is 1.34. The van der Waals surface area contributed by atoms with Gasteiger partial charge in [0.2, 0.25) is 0 Å². The predicted molar refractivity (Wildman–Crippen MR) is 175 cm³/mol. The molecule has 0 spiro atoms. The van der Waals surface area contributed by atoms with Crippen LogP contribution in [0.15, 0.2) is 73.2 Å². The fourth-order valence-electron chi connectivity index (χ4n) is 6.10. The monoisotopic (exact) mass is 674 g/mol. The van der Waals surface area contributed by atoms with Gasteiger partial charge in [-0.3, -0.25) is 14.0 Å². The molecule has 0 unspecified atom stereocenters. The Morgan fingerprint density at radius 3 is 2.47 bits per heavy atom. The van der Waals surface area contributed by atoms with Crippen molar-refractivity contribution in [3.05, 3.63) is 95.7 Å². The molecule has 6 rings (SSSR count). The number of anilines is 2. The highest BCUT2D eigenvalue weighted by atomic mass is 19.4. The highest BCUT2D eigenvalue weighted by Crippen LogP contribution is 2.41. The molecule has 2 atom stereocenters. The number of methoxy groups -OCH3 is 3. The van der Waals surface area contributed by atoms with E-state index in [0.717, 1.165) is 36.1 Å². The summed E-state index contributed by atoms with van der Waals surface area (Å²) in [5.41, 5.74) is 2.14. The topological polar surface area (TPSA) is 129 Å². The molecular weight excluding hydrogens is 641 g/mol. The SMILES string of the molecule is COC(=O)[C@H]1CC[C@@H](c2nc(-c3ccc(C(=O)Nc4cc(C(F)(F)F)ccn4)cc3)c3c(NCc4ccc(OC)cc4OC)nccn23)C1. The quantitative estimate of drug-likeness (QED) is 0.155. The molecular formula is C35H33F3N6O5. The van der Waals surface area contributed by atoms with E-state index < -0.39 is 17.6 Å². The fraction of sp³-hybridized carbons (Fsp3) is 0.286. The first-order valence-electron chi connectivity index (χ1n) is 15.4. The molecule has 1 aliphatic carbocycles. The third kappa shape index (κ3) is 6.98. The molecule has 0 bridgehead atoms. The van der Waals surface area contributed by atoms with Crippen molar-refractivity contribution >= 4 is 29.0 Å². The third-order valence-electron chi connectivity index (χ3n) is 8.60. The molecule has 5 aromatic rings. The lowest BCUT2D eigenvalue weighted by Crippen LogP contribution is -2.14. The molecule has 49 heavy (non-hydrogen) atoms. The molecule has 3 aromatic heterocycles. The number of alkyl halides is 3. The van der Waals surface area contributed by atoms with E-state index in [9.17, 15) is 22.8 Å². The molecule has 14 heteroatoms. The lowest BCUT2D eigenvalue weighted by atomic mass is 10.0. The van der Waals surface area contributed by atoms with Gasteiger partial charge in [0.05, 0.1) is 32.8 Å². The molecule has 254 valence electrons. The van der Waals surface area contributed by atoms with Crippen molar-refractivity contribution in [3.8, 4) is 22.8 Å². The number of nitrogens with zero attached hydrogens (tertiary/aromatic N) is 4. The third-order valence-corrected chi connectivity index (χ3v) is 8.60. The fourth-order valence-corrected chi connectivity index (χ4v) is 6.10. The number of imidazole rings is 1. The van der Waals surface area contributed by atoms with E-state index in [1.54, 1.807) is 50.7 Å². The molecule has 2 N–H and O–H groups in total. The number of pyridine rings is 1. The van der Waals surface area contributed by atoms with E-state index in [1.165, 1.54) is 7.11 Å². The lowest BCUT2D eigenvalue weighted by molar-refractivity contribution is -0.145. The number of ether oxygens (including phenoxy) is 3. The Morgan fingerprint density at radius 2 is 1.76 bits per heavy atom. The molecule has 1 aliphatic rings. The number of aromatic nitrogens is 4. The second-order valence-corrected chi connectivity index (χ2v) is 11.5. The summed E-state index contributed by atoms with van der Waals surface area (Å²) in [5.74, 6) is 1.29. The summed E-state index contributed by atoms with van der Waals surface area (Å²) in [7, 11) is 4.56. The van der Waals surface area contributed by atoms with Crippen LogP contribution in [0.1, 0.15) is 52.5 Å². The standard InChI is InChI=1S/C35H33F3N6O5/c1-47-26-11-10-24(27(18-26)48-2)19-41-31-30-29(43-32(44(30)15-14-40-31)22-8-9-23(16-22)34(46)49-3)20-4-6-21(7-5-20)33(45)42-28-17-25(12-13-39-28)35(36,37)38/h4-7,10-15,17-18,22-23H,8-9,16,19H2,1-3H3,(H,40,41)(H,39,42,45)/t22-,23+/m1/s1. The van der Waals surface area contributed by atoms with Crippen molar-refractivity contribution in [1.29, 1.82) is 0 Å². The van der Waals surface area contributed by atoms with Gasteiger partial charge in [-0.2, -0.15) is 13.2 Å². The van der Waals surface area contributed by atoms with Crippen LogP contribution < -0.4 is 20.1 Å². The van der Waals surface area contributed by atoms with Gasteiger partial charge >= 0.3 is 12.1 Å². The Morgan fingerprint density at radius 1 is 0.959 bits per heavy atom. The molecule has 2 aromatic carbocycles. The normalized spacial score (nSPS) is 16.0. The maximum absolute atomic E-state index is 13.2. The molecule has 1 fully saturated rings. The summed E-state index contributed by atoms with van der Waals surface area (Å²) >= 11 is 0. The van der Waals surface area contributed by atoms with Crippen molar-refractivity contribution < 1.29 is 37.0 Å². The van der Waals surface area contributed by atoms with Crippen molar-refractivity contribution in [1.82, 2.24) is 19.4 Å². The predicted octanol–water partition coefficient (Wildman–Crippen LogP) is 6.75. The number of esters is 1. The van der Waals surface area contributed by atoms with Crippen LogP contribution in [-0.2, 0) is 22.3 Å². The molecule has 0 aliphatic heterocycles. The van der Waals surface area contributed by atoms with Crippen LogP contribution in [0.25, 0.3) is 16.8 Å². The van der Waals surface area contributed by atoms with E-state index in [1.807, 2.05) is 22.7 Å². The maximum Gasteiger partial charge on any atom is 0.416 e. The van der Waals surface area contributed by atoms with Crippen molar-refractivity contribution in [2.45, 2.75) is 37.9 Å². The summed E-state index contributed by atoms with van der Waals surface area (Å²) in [6.07, 6.45) is 1.94. The van der Waals surface area contributed by atoms with Crippen LogP contribution >= 0.6 is 0 Å². The maximum atomic E-state index is 13.2. The zero-order valence-corrected chi connectivity index (χ0v) is 26.9. The number of benzene rings is 2. The highest BCUT2D eigenvalue weighted by Gasteiger charge is 2.35. The second kappa shape index (κ2) is 13.8. The summed E-state index contributed by atoms with van der Waals surface area (Å²) in [5, 5.41) is 5.85. The van der Waals surface area contributed by atoms with E-state index >= 15 is 0 Å². The Hall–Kier alpha value is -5.66.